The van der Waals surface area contributed by atoms with E-state index in [1.807, 2.05) is 0 Å². The summed E-state index contributed by atoms with van der Waals surface area (Å²) in [6.45, 7) is 0. The zero-order valence-electron chi connectivity index (χ0n) is 5.47. The van der Waals surface area contributed by atoms with Gasteiger partial charge < -0.3 is 10.6 Å². The highest BCUT2D eigenvalue weighted by Gasteiger charge is 2.06. The lowest BCUT2D eigenvalue weighted by Gasteiger charge is -1.95. The summed E-state index contributed by atoms with van der Waals surface area (Å²) in [4.78, 5) is 0. The van der Waals surface area contributed by atoms with E-state index in [2.05, 4.69) is 41.0 Å². The molecule has 1 rings (SSSR count). The Labute approximate surface area is 64.9 Å². The highest BCUT2D eigenvalue weighted by atomic mass is 15.5. The summed E-state index contributed by atoms with van der Waals surface area (Å²) in [6.07, 6.45) is 0. The maximum atomic E-state index is 7.93. The van der Waals surface area contributed by atoms with Gasteiger partial charge in [0.05, 0.1) is 0 Å². The molecule has 1 heterocycles. The fourth-order valence-electron chi connectivity index (χ4n) is 0.379. The van der Waals surface area contributed by atoms with Crippen LogP contribution in [-0.4, -0.2) is 11.9 Å². The van der Waals surface area contributed by atoms with Crippen LogP contribution in [-0.2, 0) is 0 Å². The second kappa shape index (κ2) is 3.66. The Morgan fingerprint density at radius 3 is 2.25 bits per heavy atom. The van der Waals surface area contributed by atoms with Crippen LogP contribution in [0.5, 0.6) is 0 Å². The molecular weight excluding hydrogens is 164 g/mol. The van der Waals surface area contributed by atoms with E-state index in [1.54, 1.807) is 0 Å². The second-order valence-corrected chi connectivity index (χ2v) is 1.38. The lowest BCUT2D eigenvalue weighted by molar-refractivity contribution is 1.07. The van der Waals surface area contributed by atoms with Gasteiger partial charge in [-0.05, 0) is 0 Å². The van der Waals surface area contributed by atoms with E-state index in [-0.39, 0.29) is 11.9 Å². The molecule has 0 aromatic heterocycles. The first-order chi connectivity index (χ1) is 5.86. The van der Waals surface area contributed by atoms with Crippen LogP contribution >= 0.6 is 0 Å². The third-order valence-corrected chi connectivity index (χ3v) is 0.726. The number of nitrogens with zero attached hydrogens (tertiary/aromatic N) is 10. The molecule has 0 spiro atoms. The Morgan fingerprint density at radius 1 is 1.17 bits per heavy atom. The van der Waals surface area contributed by atoms with Crippen molar-refractivity contribution in [3.8, 4) is 0 Å². The molecule has 58 valence electrons. The molecule has 0 aliphatic carbocycles. The average Bonchev–Trinajstić information content (AvgIpc) is 2.09. The molecule has 0 bridgehead atoms. The van der Waals surface area contributed by atoms with E-state index in [1.165, 1.54) is 0 Å². The van der Waals surface area contributed by atoms with Crippen LogP contribution in [0.1, 0.15) is 0 Å². The van der Waals surface area contributed by atoms with E-state index < -0.39 is 0 Å². The molecule has 1 aliphatic rings. The second-order valence-electron chi connectivity index (χ2n) is 1.38. The van der Waals surface area contributed by atoms with E-state index in [0.717, 1.165) is 0 Å². The highest BCUT2D eigenvalue weighted by Crippen LogP contribution is 1.99. The summed E-state index contributed by atoms with van der Waals surface area (Å²) in [7, 11) is 0. The Hall–Kier alpha value is -2.44. The number of rotatable bonds is 1. The Bertz CT molecular complexity index is 317. The van der Waals surface area contributed by atoms with Crippen LogP contribution in [0.15, 0.2) is 35.9 Å². The monoisotopic (exact) mass is 164 g/mol. The third kappa shape index (κ3) is 1.77. The summed E-state index contributed by atoms with van der Waals surface area (Å²) >= 11 is 0. The molecule has 0 N–H and O–H groups in total. The summed E-state index contributed by atoms with van der Waals surface area (Å²) in [6, 6.07) is 0. The summed E-state index contributed by atoms with van der Waals surface area (Å²) in [5.41, 5.74) is 7.93. The highest BCUT2D eigenvalue weighted by molar-refractivity contribution is 5.90. The molecule has 0 atom stereocenters. The first kappa shape index (κ1) is 7.66. The van der Waals surface area contributed by atoms with Crippen molar-refractivity contribution in [3.63, 3.8) is 0 Å². The quantitative estimate of drug-likeness (QED) is 0.322. The van der Waals surface area contributed by atoms with Gasteiger partial charge in [-0.1, -0.05) is 10.2 Å². The van der Waals surface area contributed by atoms with Crippen LogP contribution in [0.3, 0.4) is 0 Å². The van der Waals surface area contributed by atoms with E-state index in [4.69, 9.17) is 10.9 Å². The van der Waals surface area contributed by atoms with Gasteiger partial charge in [-0.15, -0.1) is 10.2 Å². The SMILES string of the molecule is N#[N+]N=C1N=NC(=NN=[N-])N=N1. The van der Waals surface area contributed by atoms with Gasteiger partial charge >= 0.3 is 11.0 Å². The van der Waals surface area contributed by atoms with Crippen molar-refractivity contribution < 1.29 is 0 Å². The Morgan fingerprint density at radius 2 is 1.75 bits per heavy atom. The van der Waals surface area contributed by atoms with E-state index in [0.29, 0.717) is 0 Å². The van der Waals surface area contributed by atoms with Gasteiger partial charge in [-0.3, -0.25) is 5.22 Å². The van der Waals surface area contributed by atoms with Crippen molar-refractivity contribution in [2.24, 2.45) is 35.9 Å². The minimum atomic E-state index is -0.227. The van der Waals surface area contributed by atoms with Crippen LogP contribution in [0.2, 0.25) is 0 Å². The predicted molar refractivity (Wildman–Crippen MR) is 35.5 cm³/mol. The standard InChI is InChI=1S/C2N10/c3-11-9-1-5-7-2(8-6-1)10-12-4. The van der Waals surface area contributed by atoms with E-state index in [9.17, 15) is 0 Å². The summed E-state index contributed by atoms with van der Waals surface area (Å²) in [5.74, 6) is -0.455. The minimum Gasteiger partial charge on any atom is -0.361 e. The molecule has 12 heavy (non-hydrogen) atoms. The molecule has 10 nitrogen and oxygen atoms in total. The fourth-order valence-corrected chi connectivity index (χ4v) is 0.379. The molecule has 0 saturated heterocycles. The summed E-state index contributed by atoms with van der Waals surface area (Å²) < 4.78 is 0. The topological polar surface area (TPSA) is 137 Å². The van der Waals surface area contributed by atoms with Crippen molar-refractivity contribution in [1.82, 2.24) is 0 Å². The van der Waals surface area contributed by atoms with Gasteiger partial charge in [0.2, 0.25) is 11.1 Å². The van der Waals surface area contributed by atoms with Gasteiger partial charge in [0.25, 0.3) is 5.39 Å². The average molecular weight is 164 g/mol. The lowest BCUT2D eigenvalue weighted by Crippen LogP contribution is -1.97. The molecule has 0 unspecified atom stereocenters. The lowest BCUT2D eigenvalue weighted by atomic mass is 11.0. The number of azo groups is 2. The molecule has 0 aromatic rings. The van der Waals surface area contributed by atoms with Crippen LogP contribution in [0.25, 0.3) is 10.6 Å². The Balaban J connectivity index is 2.81. The van der Waals surface area contributed by atoms with Gasteiger partial charge in [0, 0.05) is 0 Å². The van der Waals surface area contributed by atoms with Crippen LogP contribution < -0.4 is 0 Å². The van der Waals surface area contributed by atoms with Crippen molar-refractivity contribution >= 4 is 11.9 Å². The third-order valence-electron chi connectivity index (χ3n) is 0.726. The van der Waals surface area contributed by atoms with Crippen molar-refractivity contribution in [1.29, 1.82) is 5.39 Å². The number of hydrogen-bond acceptors (Lipinski definition) is 3. The van der Waals surface area contributed by atoms with Gasteiger partial charge in [-0.2, -0.15) is 0 Å². The number of diazo groups is 1. The maximum absolute atomic E-state index is 7.93. The molecule has 0 saturated carbocycles. The zero-order chi connectivity index (χ0) is 8.81. The van der Waals surface area contributed by atoms with Gasteiger partial charge in [0.1, 0.15) is 0 Å². The largest absolute Gasteiger partial charge is 0.375 e. The van der Waals surface area contributed by atoms with Crippen molar-refractivity contribution in [2.45, 2.75) is 0 Å². The first-order valence-electron chi connectivity index (χ1n) is 2.54. The Kier molecular flexibility index (Phi) is 2.34. The predicted octanol–water partition coefficient (Wildman–Crippen LogP) is 1.32. The smallest absolute Gasteiger partial charge is 0.361 e. The molecule has 0 amide bonds. The molecule has 1 aliphatic heterocycles. The van der Waals surface area contributed by atoms with Gasteiger partial charge in [-0.25, -0.2) is 0 Å². The normalized spacial score (nSPS) is 13.9. The summed E-state index contributed by atoms with van der Waals surface area (Å²) in [5, 5.41) is 31.9. The van der Waals surface area contributed by atoms with Crippen LogP contribution in [0, 0.1) is 5.39 Å². The number of guanidine groups is 2. The molecule has 10 heteroatoms. The fraction of sp³-hybridized carbons (Fsp3) is 0. The molecular formula is C2N10. The molecule has 0 radical (unpaired) electrons. The van der Waals surface area contributed by atoms with Gasteiger partial charge in [0.15, 0.2) is 0 Å². The van der Waals surface area contributed by atoms with E-state index >= 15 is 0 Å². The zero-order valence-corrected chi connectivity index (χ0v) is 5.47. The molecule has 0 aromatic carbocycles. The van der Waals surface area contributed by atoms with Crippen LogP contribution in [0.4, 0.5) is 0 Å². The first-order valence-corrected chi connectivity index (χ1v) is 2.54. The van der Waals surface area contributed by atoms with Crippen molar-refractivity contribution in [3.05, 3.63) is 10.6 Å². The number of hydrogen-bond donors (Lipinski definition) is 0. The maximum Gasteiger partial charge on any atom is 0.375 e. The molecule has 0 fully saturated rings. The minimum absolute atomic E-state index is 0.227. The van der Waals surface area contributed by atoms with Crippen molar-refractivity contribution in [2.75, 3.05) is 0 Å².